The molecule has 0 radical (unpaired) electrons. The molecule has 0 aromatic heterocycles. The molecule has 0 bridgehead atoms. The summed E-state index contributed by atoms with van der Waals surface area (Å²) in [6, 6.07) is 6.62. The predicted molar refractivity (Wildman–Crippen MR) is 66.6 cm³/mol. The predicted octanol–water partition coefficient (Wildman–Crippen LogP) is 2.60. The van der Waals surface area contributed by atoms with E-state index in [9.17, 15) is 0 Å². The molecular weight excluding hydrogens is 198 g/mol. The molecule has 1 aliphatic rings. The number of rotatable bonds is 1. The van der Waals surface area contributed by atoms with Gasteiger partial charge in [-0.2, -0.15) is 0 Å². The summed E-state index contributed by atoms with van der Waals surface area (Å²) in [5.74, 6) is 0.608. The lowest BCUT2D eigenvalue weighted by molar-refractivity contribution is 0.0515. The van der Waals surface area contributed by atoms with Crippen molar-refractivity contribution in [3.63, 3.8) is 0 Å². The molecule has 1 aromatic rings. The van der Waals surface area contributed by atoms with Crippen LogP contribution in [0, 0.1) is 19.8 Å². The first kappa shape index (κ1) is 11.6. The van der Waals surface area contributed by atoms with Crippen LogP contribution in [0.15, 0.2) is 18.2 Å². The zero-order valence-corrected chi connectivity index (χ0v) is 10.4. The fourth-order valence-corrected chi connectivity index (χ4v) is 2.04. The molecule has 1 aliphatic heterocycles. The van der Waals surface area contributed by atoms with E-state index >= 15 is 0 Å². The monoisotopic (exact) mass is 219 g/mol. The van der Waals surface area contributed by atoms with Gasteiger partial charge in [0.15, 0.2) is 0 Å². The van der Waals surface area contributed by atoms with Crippen molar-refractivity contribution in [2.45, 2.75) is 26.9 Å². The van der Waals surface area contributed by atoms with Crippen molar-refractivity contribution in [1.82, 2.24) is 5.32 Å². The first-order valence-electron chi connectivity index (χ1n) is 6.06. The molecule has 1 aromatic carbocycles. The molecule has 1 saturated heterocycles. The van der Waals surface area contributed by atoms with Crippen molar-refractivity contribution in [1.29, 1.82) is 0 Å². The first-order chi connectivity index (χ1) is 7.66. The smallest absolute Gasteiger partial charge is 0.0949 e. The Bertz CT molecular complexity index is 362. The molecule has 2 atom stereocenters. The van der Waals surface area contributed by atoms with Gasteiger partial charge in [-0.05, 0) is 36.5 Å². The molecule has 1 heterocycles. The summed E-state index contributed by atoms with van der Waals surface area (Å²) in [6.07, 6.45) is 0.212. The number of nitrogens with one attached hydrogen (secondary N) is 1. The van der Waals surface area contributed by atoms with Crippen molar-refractivity contribution in [2.24, 2.45) is 5.92 Å². The summed E-state index contributed by atoms with van der Waals surface area (Å²) in [4.78, 5) is 0. The Kier molecular flexibility index (Phi) is 3.62. The van der Waals surface area contributed by atoms with Crippen LogP contribution in [0.4, 0.5) is 0 Å². The van der Waals surface area contributed by atoms with Gasteiger partial charge in [0.05, 0.1) is 12.7 Å². The van der Waals surface area contributed by atoms with E-state index < -0.39 is 0 Å². The quantitative estimate of drug-likeness (QED) is 0.784. The molecule has 0 aliphatic carbocycles. The minimum Gasteiger partial charge on any atom is -0.372 e. The van der Waals surface area contributed by atoms with Gasteiger partial charge in [0.2, 0.25) is 0 Å². The maximum atomic E-state index is 5.93. The second kappa shape index (κ2) is 4.98. The number of benzene rings is 1. The van der Waals surface area contributed by atoms with Gasteiger partial charge in [-0.1, -0.05) is 25.1 Å². The molecule has 2 rings (SSSR count). The average molecular weight is 219 g/mol. The first-order valence-corrected chi connectivity index (χ1v) is 6.06. The van der Waals surface area contributed by atoms with Gasteiger partial charge >= 0.3 is 0 Å². The second-order valence-corrected chi connectivity index (χ2v) is 4.93. The van der Waals surface area contributed by atoms with E-state index in [1.807, 2.05) is 0 Å². The highest BCUT2D eigenvalue weighted by Crippen LogP contribution is 2.22. The molecule has 1 fully saturated rings. The standard InChI is InChI=1S/C14H21NO/c1-10-7-15-8-14(16-9-10)13-5-4-11(2)12(3)6-13/h4-6,10,14-15H,7-9H2,1-3H3. The van der Waals surface area contributed by atoms with E-state index in [2.05, 4.69) is 44.3 Å². The minimum atomic E-state index is 0.212. The molecule has 0 amide bonds. The van der Waals surface area contributed by atoms with Crippen LogP contribution >= 0.6 is 0 Å². The third kappa shape index (κ3) is 2.63. The van der Waals surface area contributed by atoms with Crippen LogP contribution in [0.2, 0.25) is 0 Å². The van der Waals surface area contributed by atoms with Crippen LogP contribution in [-0.2, 0) is 4.74 Å². The van der Waals surface area contributed by atoms with E-state index in [1.54, 1.807) is 0 Å². The molecule has 0 saturated carbocycles. The van der Waals surface area contributed by atoms with Gasteiger partial charge in [0.25, 0.3) is 0 Å². The summed E-state index contributed by atoms with van der Waals surface area (Å²) >= 11 is 0. The van der Waals surface area contributed by atoms with Gasteiger partial charge in [-0.15, -0.1) is 0 Å². The second-order valence-electron chi connectivity index (χ2n) is 4.93. The number of hydrogen-bond donors (Lipinski definition) is 1. The van der Waals surface area contributed by atoms with Gasteiger partial charge in [0, 0.05) is 13.1 Å². The molecule has 2 heteroatoms. The summed E-state index contributed by atoms with van der Waals surface area (Å²) in [5, 5.41) is 3.45. The van der Waals surface area contributed by atoms with Crippen molar-refractivity contribution >= 4 is 0 Å². The number of hydrogen-bond acceptors (Lipinski definition) is 2. The lowest BCUT2D eigenvalue weighted by Gasteiger charge is -2.16. The van der Waals surface area contributed by atoms with Crippen molar-refractivity contribution in [2.75, 3.05) is 19.7 Å². The SMILES string of the molecule is Cc1ccc(C2CNCC(C)CO2)cc1C. The Labute approximate surface area is 98.0 Å². The maximum Gasteiger partial charge on any atom is 0.0949 e. The van der Waals surface area contributed by atoms with Crippen molar-refractivity contribution in [3.05, 3.63) is 34.9 Å². The summed E-state index contributed by atoms with van der Waals surface area (Å²) < 4.78 is 5.93. The average Bonchev–Trinajstić information content (AvgIpc) is 2.47. The van der Waals surface area contributed by atoms with E-state index in [1.165, 1.54) is 16.7 Å². The van der Waals surface area contributed by atoms with Gasteiger partial charge in [0.1, 0.15) is 0 Å². The van der Waals surface area contributed by atoms with Crippen LogP contribution in [-0.4, -0.2) is 19.7 Å². The van der Waals surface area contributed by atoms with Gasteiger partial charge in [-0.25, -0.2) is 0 Å². The van der Waals surface area contributed by atoms with Crippen LogP contribution in [0.25, 0.3) is 0 Å². The summed E-state index contributed by atoms with van der Waals surface area (Å²) in [7, 11) is 0. The number of ether oxygens (including phenoxy) is 1. The van der Waals surface area contributed by atoms with Crippen LogP contribution in [0.3, 0.4) is 0 Å². The summed E-state index contributed by atoms with van der Waals surface area (Å²) in [6.45, 7) is 9.35. The van der Waals surface area contributed by atoms with E-state index in [4.69, 9.17) is 4.74 Å². The normalized spacial score (nSPS) is 26.4. The Balaban J connectivity index is 2.13. The van der Waals surface area contributed by atoms with Crippen LogP contribution < -0.4 is 5.32 Å². The zero-order chi connectivity index (χ0) is 11.5. The Morgan fingerprint density at radius 1 is 1.19 bits per heavy atom. The Morgan fingerprint density at radius 3 is 2.75 bits per heavy atom. The summed E-state index contributed by atoms with van der Waals surface area (Å²) in [5.41, 5.74) is 3.99. The van der Waals surface area contributed by atoms with Crippen molar-refractivity contribution < 1.29 is 4.74 Å². The highest BCUT2D eigenvalue weighted by Gasteiger charge is 2.17. The maximum absolute atomic E-state index is 5.93. The molecule has 88 valence electrons. The molecule has 16 heavy (non-hydrogen) atoms. The Hall–Kier alpha value is -0.860. The molecule has 1 N–H and O–H groups in total. The van der Waals surface area contributed by atoms with Crippen LogP contribution in [0.5, 0.6) is 0 Å². The highest BCUT2D eigenvalue weighted by molar-refractivity contribution is 5.31. The zero-order valence-electron chi connectivity index (χ0n) is 10.4. The molecule has 2 nitrogen and oxygen atoms in total. The topological polar surface area (TPSA) is 21.3 Å². The lowest BCUT2D eigenvalue weighted by Crippen LogP contribution is -2.22. The third-order valence-electron chi connectivity index (χ3n) is 3.31. The fraction of sp³-hybridized carbons (Fsp3) is 0.571. The number of aryl methyl sites for hydroxylation is 2. The van der Waals surface area contributed by atoms with E-state index in [-0.39, 0.29) is 6.10 Å². The molecule has 0 spiro atoms. The Morgan fingerprint density at radius 2 is 2.00 bits per heavy atom. The lowest BCUT2D eigenvalue weighted by atomic mass is 10.0. The largest absolute Gasteiger partial charge is 0.372 e. The van der Waals surface area contributed by atoms with Crippen LogP contribution in [0.1, 0.15) is 29.7 Å². The van der Waals surface area contributed by atoms with Gasteiger partial charge in [-0.3, -0.25) is 0 Å². The van der Waals surface area contributed by atoms with Gasteiger partial charge < -0.3 is 10.1 Å². The molecular formula is C14H21NO. The van der Waals surface area contributed by atoms with E-state index in [0.717, 1.165) is 19.7 Å². The highest BCUT2D eigenvalue weighted by atomic mass is 16.5. The molecule has 2 unspecified atom stereocenters. The van der Waals surface area contributed by atoms with Crippen molar-refractivity contribution in [3.8, 4) is 0 Å². The minimum absolute atomic E-state index is 0.212. The third-order valence-corrected chi connectivity index (χ3v) is 3.31. The fourth-order valence-electron chi connectivity index (χ4n) is 2.04. The van der Waals surface area contributed by atoms with E-state index in [0.29, 0.717) is 5.92 Å².